The summed E-state index contributed by atoms with van der Waals surface area (Å²) >= 11 is 1.47. The fourth-order valence-electron chi connectivity index (χ4n) is 1.74. The van der Waals surface area contributed by atoms with Crippen LogP contribution in [0.5, 0.6) is 0 Å². The molecule has 1 atom stereocenters. The van der Waals surface area contributed by atoms with Crippen LogP contribution in [0.2, 0.25) is 0 Å². The zero-order valence-electron chi connectivity index (χ0n) is 13.5. The number of nitrogens with zero attached hydrogens (tertiary/aromatic N) is 1. The highest BCUT2D eigenvalue weighted by Crippen LogP contribution is 2.16. The fraction of sp³-hybridized carbons (Fsp3) is 0.571. The molecule has 1 rings (SSSR count). The fourth-order valence-corrected chi connectivity index (χ4v) is 3.71. The molecule has 0 saturated heterocycles. The Morgan fingerprint density at radius 1 is 1.36 bits per heavy atom. The van der Waals surface area contributed by atoms with Crippen molar-refractivity contribution in [1.82, 2.24) is 9.71 Å². The molecule has 0 aromatic carbocycles. The minimum atomic E-state index is -3.62. The van der Waals surface area contributed by atoms with E-state index in [4.69, 9.17) is 0 Å². The lowest BCUT2D eigenvalue weighted by Gasteiger charge is -2.20. The van der Waals surface area contributed by atoms with E-state index in [2.05, 4.69) is 15.0 Å². The molecule has 0 unspecified atom stereocenters. The van der Waals surface area contributed by atoms with Crippen LogP contribution in [0.4, 0.5) is 5.82 Å². The highest BCUT2D eigenvalue weighted by molar-refractivity contribution is 7.99. The molecule has 2 N–H and O–H groups in total. The van der Waals surface area contributed by atoms with Gasteiger partial charge >= 0.3 is 0 Å². The van der Waals surface area contributed by atoms with Gasteiger partial charge in [-0.2, -0.15) is 11.8 Å². The summed E-state index contributed by atoms with van der Waals surface area (Å²) in [6, 6.07) is 2.92. The number of pyridine rings is 1. The Morgan fingerprint density at radius 3 is 2.41 bits per heavy atom. The molecule has 0 aliphatic rings. The maximum absolute atomic E-state index is 12.1. The summed E-state index contributed by atoms with van der Waals surface area (Å²) in [7, 11) is -3.62. The SMILES string of the molecule is CC[C@@H](SC)C(=O)Nc1ccc(S(=O)(=O)NC(C)(C)C)cn1. The number of thioether (sulfide) groups is 1. The molecular weight excluding hydrogens is 322 g/mol. The number of rotatable bonds is 6. The van der Waals surface area contributed by atoms with Crippen molar-refractivity contribution in [1.29, 1.82) is 0 Å². The monoisotopic (exact) mass is 345 g/mol. The number of hydrogen-bond acceptors (Lipinski definition) is 5. The van der Waals surface area contributed by atoms with Crippen molar-refractivity contribution >= 4 is 33.5 Å². The molecule has 0 radical (unpaired) electrons. The van der Waals surface area contributed by atoms with Gasteiger partial charge in [-0.15, -0.1) is 0 Å². The van der Waals surface area contributed by atoms with Crippen molar-refractivity contribution in [2.75, 3.05) is 11.6 Å². The number of amides is 1. The second kappa shape index (κ2) is 7.43. The van der Waals surface area contributed by atoms with Gasteiger partial charge < -0.3 is 5.32 Å². The van der Waals surface area contributed by atoms with E-state index in [1.807, 2.05) is 13.2 Å². The van der Waals surface area contributed by atoms with Crippen LogP contribution < -0.4 is 10.0 Å². The summed E-state index contributed by atoms with van der Waals surface area (Å²) in [5.74, 6) is 0.207. The number of carbonyl (C=O) groups excluding carboxylic acids is 1. The Hall–Kier alpha value is -1.12. The van der Waals surface area contributed by atoms with Gasteiger partial charge in [-0.25, -0.2) is 18.1 Å². The summed E-state index contributed by atoms with van der Waals surface area (Å²) in [5.41, 5.74) is -0.571. The number of carbonyl (C=O) groups is 1. The van der Waals surface area contributed by atoms with Gasteiger partial charge in [0, 0.05) is 11.7 Å². The van der Waals surface area contributed by atoms with E-state index in [1.165, 1.54) is 30.1 Å². The number of hydrogen-bond donors (Lipinski definition) is 2. The minimum absolute atomic E-state index is 0.0670. The van der Waals surface area contributed by atoms with Crippen molar-refractivity contribution in [3.63, 3.8) is 0 Å². The first-order chi connectivity index (χ1) is 10.1. The zero-order valence-corrected chi connectivity index (χ0v) is 15.1. The van der Waals surface area contributed by atoms with E-state index < -0.39 is 15.6 Å². The van der Waals surface area contributed by atoms with Crippen LogP contribution in [0.25, 0.3) is 0 Å². The van der Waals surface area contributed by atoms with Gasteiger partial charge in [-0.05, 0) is 45.6 Å². The summed E-state index contributed by atoms with van der Waals surface area (Å²) in [6.07, 6.45) is 3.83. The third-order valence-electron chi connectivity index (χ3n) is 2.69. The smallest absolute Gasteiger partial charge is 0.242 e. The lowest BCUT2D eigenvalue weighted by Crippen LogP contribution is -2.40. The van der Waals surface area contributed by atoms with Gasteiger partial charge in [0.1, 0.15) is 10.7 Å². The topological polar surface area (TPSA) is 88.2 Å². The lowest BCUT2D eigenvalue weighted by molar-refractivity contribution is -0.115. The quantitative estimate of drug-likeness (QED) is 0.825. The molecule has 1 aromatic heterocycles. The minimum Gasteiger partial charge on any atom is -0.310 e. The van der Waals surface area contributed by atoms with E-state index in [-0.39, 0.29) is 16.1 Å². The molecule has 0 saturated carbocycles. The average Bonchev–Trinajstić information content (AvgIpc) is 2.38. The van der Waals surface area contributed by atoms with Gasteiger partial charge in [-0.3, -0.25) is 4.79 Å². The molecule has 0 aliphatic heterocycles. The normalized spacial score (nSPS) is 13.7. The van der Waals surface area contributed by atoms with Crippen molar-refractivity contribution in [2.45, 2.75) is 49.8 Å². The Kier molecular flexibility index (Phi) is 6.39. The Morgan fingerprint density at radius 2 is 2.00 bits per heavy atom. The lowest BCUT2D eigenvalue weighted by atomic mass is 10.1. The maximum atomic E-state index is 12.1. The summed E-state index contributed by atoms with van der Waals surface area (Å²) in [6.45, 7) is 7.22. The van der Waals surface area contributed by atoms with Crippen molar-refractivity contribution < 1.29 is 13.2 Å². The van der Waals surface area contributed by atoms with Gasteiger partial charge in [0.15, 0.2) is 0 Å². The van der Waals surface area contributed by atoms with Crippen LogP contribution in [-0.4, -0.2) is 36.4 Å². The highest BCUT2D eigenvalue weighted by Gasteiger charge is 2.22. The molecule has 0 spiro atoms. The van der Waals surface area contributed by atoms with E-state index in [1.54, 1.807) is 20.8 Å². The molecule has 0 aliphatic carbocycles. The van der Waals surface area contributed by atoms with Gasteiger partial charge in [0.25, 0.3) is 0 Å². The van der Waals surface area contributed by atoms with Crippen LogP contribution in [-0.2, 0) is 14.8 Å². The first-order valence-corrected chi connectivity index (χ1v) is 9.70. The Balaban J connectivity index is 2.85. The second-order valence-corrected chi connectivity index (χ2v) is 8.58. The van der Waals surface area contributed by atoms with Crippen molar-refractivity contribution in [3.8, 4) is 0 Å². The van der Waals surface area contributed by atoms with E-state index in [0.29, 0.717) is 5.82 Å². The molecule has 8 heteroatoms. The van der Waals surface area contributed by atoms with E-state index in [0.717, 1.165) is 6.42 Å². The molecule has 0 bridgehead atoms. The standard InChI is InChI=1S/C14H23N3O3S2/c1-6-11(21-5)13(18)16-12-8-7-10(9-15-12)22(19,20)17-14(2,3)4/h7-9,11,17H,6H2,1-5H3,(H,15,16,18)/t11-/m1/s1. The van der Waals surface area contributed by atoms with Crippen LogP contribution in [0.3, 0.4) is 0 Å². The molecular formula is C14H23N3O3S2. The second-order valence-electron chi connectivity index (χ2n) is 5.86. The Labute approximate surface area is 136 Å². The first kappa shape index (κ1) is 18.9. The number of aromatic nitrogens is 1. The van der Waals surface area contributed by atoms with E-state index in [9.17, 15) is 13.2 Å². The van der Waals surface area contributed by atoms with Crippen molar-refractivity contribution in [3.05, 3.63) is 18.3 Å². The molecule has 1 aromatic rings. The molecule has 22 heavy (non-hydrogen) atoms. The first-order valence-electron chi connectivity index (χ1n) is 6.92. The molecule has 1 heterocycles. The summed E-state index contributed by atoms with van der Waals surface area (Å²) < 4.78 is 26.8. The third-order valence-corrected chi connectivity index (χ3v) is 5.55. The largest absolute Gasteiger partial charge is 0.310 e. The molecule has 6 nitrogen and oxygen atoms in total. The van der Waals surface area contributed by atoms with Crippen LogP contribution in [0.1, 0.15) is 34.1 Å². The van der Waals surface area contributed by atoms with Crippen LogP contribution >= 0.6 is 11.8 Å². The predicted molar refractivity (Wildman–Crippen MR) is 90.5 cm³/mol. The van der Waals surface area contributed by atoms with Gasteiger partial charge in [0.05, 0.1) is 5.25 Å². The third kappa shape index (κ3) is 5.58. The van der Waals surface area contributed by atoms with Crippen LogP contribution in [0, 0.1) is 0 Å². The summed E-state index contributed by atoms with van der Waals surface area (Å²) in [5, 5.41) is 2.54. The number of sulfonamides is 1. The predicted octanol–water partition coefficient (Wildman–Crippen LogP) is 2.24. The van der Waals surface area contributed by atoms with Gasteiger partial charge in [0.2, 0.25) is 15.9 Å². The summed E-state index contributed by atoms with van der Waals surface area (Å²) in [4.78, 5) is 16.0. The zero-order chi connectivity index (χ0) is 17.0. The van der Waals surface area contributed by atoms with E-state index >= 15 is 0 Å². The molecule has 1 amide bonds. The average molecular weight is 345 g/mol. The van der Waals surface area contributed by atoms with Gasteiger partial charge in [-0.1, -0.05) is 6.92 Å². The molecule has 0 fully saturated rings. The maximum Gasteiger partial charge on any atom is 0.242 e. The number of nitrogens with one attached hydrogen (secondary N) is 2. The number of anilines is 1. The highest BCUT2D eigenvalue weighted by atomic mass is 32.2. The molecule has 124 valence electrons. The van der Waals surface area contributed by atoms with Crippen molar-refractivity contribution in [2.24, 2.45) is 0 Å². The van der Waals surface area contributed by atoms with Crippen LogP contribution in [0.15, 0.2) is 23.2 Å². The Bertz CT molecular complexity index is 603.